The van der Waals surface area contributed by atoms with E-state index in [0.29, 0.717) is 42.3 Å². The Kier molecular flexibility index (Phi) is 21.0. The Bertz CT molecular complexity index is 1260. The first-order valence-corrected chi connectivity index (χ1v) is 22.4. The first kappa shape index (κ1) is 46.8. The highest BCUT2D eigenvalue weighted by Gasteiger charge is 2.41. The normalized spacial score (nSPS) is 25.1. The molecule has 4 saturated carbocycles. The van der Waals surface area contributed by atoms with E-state index in [1.54, 1.807) is 4.90 Å². The van der Waals surface area contributed by atoms with Gasteiger partial charge in [0.15, 0.2) is 12.2 Å². The fourth-order valence-corrected chi connectivity index (χ4v) is 10.1. The first-order valence-electron chi connectivity index (χ1n) is 21.4. The molecule has 14 nitrogen and oxygen atoms in total. The maximum Gasteiger partial charge on any atom is 0.309 e. The predicted molar refractivity (Wildman–Crippen MR) is 213 cm³/mol. The molecule has 6 unspecified atom stereocenters. The predicted octanol–water partition coefficient (Wildman–Crippen LogP) is 5.82. The SMILES string of the molecule is COCC(COC(=O)C1CC2CCCCC2C1)OC(=O)CCCN(CCCC(=O)OC(COC=O)COC(=O)C1CC2CCCCC2C1)C(=O)SCCCN(C)C. The molecule has 57 heavy (non-hydrogen) atoms. The molecule has 0 radical (unpaired) electrons. The fraction of sp³-hybridized carbons (Fsp3) is 0.857. The third-order valence-corrected chi connectivity index (χ3v) is 13.1. The smallest absolute Gasteiger partial charge is 0.309 e. The summed E-state index contributed by atoms with van der Waals surface area (Å²) in [6, 6.07) is 0. The second kappa shape index (κ2) is 25.5. The number of hydrogen-bond acceptors (Lipinski definition) is 14. The molecule has 0 spiro atoms. The molecule has 0 aromatic rings. The molecular weight excluding hydrogens is 757 g/mol. The highest BCUT2D eigenvalue weighted by Crippen LogP contribution is 2.46. The number of nitrogens with zero attached hydrogens (tertiary/aromatic N) is 2. The molecule has 1 amide bonds. The van der Waals surface area contributed by atoms with Crippen LogP contribution in [0.4, 0.5) is 4.79 Å². The number of rotatable bonds is 25. The van der Waals surface area contributed by atoms with Crippen molar-refractivity contribution in [3.05, 3.63) is 0 Å². The molecule has 4 fully saturated rings. The van der Waals surface area contributed by atoms with Gasteiger partial charge in [-0.1, -0.05) is 63.1 Å². The summed E-state index contributed by atoms with van der Waals surface area (Å²) in [5.41, 5.74) is 0. The number of ether oxygens (including phenoxy) is 6. The van der Waals surface area contributed by atoms with E-state index in [4.69, 9.17) is 28.4 Å². The van der Waals surface area contributed by atoms with Crippen LogP contribution in [-0.2, 0) is 52.4 Å². The van der Waals surface area contributed by atoms with Gasteiger partial charge < -0.3 is 38.2 Å². The highest BCUT2D eigenvalue weighted by atomic mass is 32.2. The summed E-state index contributed by atoms with van der Waals surface area (Å²) in [4.78, 5) is 79.3. The number of thioether (sulfide) groups is 1. The van der Waals surface area contributed by atoms with Gasteiger partial charge >= 0.3 is 23.9 Å². The van der Waals surface area contributed by atoms with Gasteiger partial charge in [-0.3, -0.25) is 28.8 Å². The van der Waals surface area contributed by atoms with Crippen LogP contribution >= 0.6 is 11.8 Å². The van der Waals surface area contributed by atoms with Crippen molar-refractivity contribution in [1.29, 1.82) is 0 Å². The van der Waals surface area contributed by atoms with E-state index in [1.807, 2.05) is 19.0 Å². The lowest BCUT2D eigenvalue weighted by atomic mass is 9.82. The van der Waals surface area contributed by atoms with Crippen molar-refractivity contribution in [2.75, 3.05) is 73.0 Å². The van der Waals surface area contributed by atoms with Crippen LogP contribution in [0.15, 0.2) is 0 Å². The Labute approximate surface area is 343 Å². The Balaban J connectivity index is 1.20. The number of amides is 1. The summed E-state index contributed by atoms with van der Waals surface area (Å²) < 4.78 is 32.4. The van der Waals surface area contributed by atoms with Crippen molar-refractivity contribution in [2.24, 2.45) is 35.5 Å². The molecule has 4 rings (SSSR count). The van der Waals surface area contributed by atoms with Crippen LogP contribution in [0.25, 0.3) is 0 Å². The zero-order chi connectivity index (χ0) is 41.0. The molecule has 0 aromatic carbocycles. The molecule has 15 heteroatoms. The van der Waals surface area contributed by atoms with Gasteiger partial charge in [0, 0.05) is 38.8 Å². The fourth-order valence-electron chi connectivity index (χ4n) is 9.24. The highest BCUT2D eigenvalue weighted by molar-refractivity contribution is 8.13. The largest absolute Gasteiger partial charge is 0.464 e. The number of fused-ring (bicyclic) bond motifs is 2. The van der Waals surface area contributed by atoms with Crippen molar-refractivity contribution < 1.29 is 57.2 Å². The molecule has 0 aromatic heterocycles. The van der Waals surface area contributed by atoms with Crippen LogP contribution in [0.1, 0.15) is 109 Å². The van der Waals surface area contributed by atoms with Crippen molar-refractivity contribution in [2.45, 2.75) is 121 Å². The van der Waals surface area contributed by atoms with Crippen LogP contribution in [0, 0.1) is 35.5 Å². The number of carbonyl (C=O) groups is 6. The lowest BCUT2D eigenvalue weighted by molar-refractivity contribution is -0.165. The van der Waals surface area contributed by atoms with E-state index < -0.39 is 24.1 Å². The van der Waals surface area contributed by atoms with Crippen LogP contribution in [0.2, 0.25) is 0 Å². The average Bonchev–Trinajstić information content (AvgIpc) is 3.84. The minimum Gasteiger partial charge on any atom is -0.464 e. The van der Waals surface area contributed by atoms with Gasteiger partial charge in [-0.15, -0.1) is 0 Å². The van der Waals surface area contributed by atoms with Crippen LogP contribution in [-0.4, -0.2) is 131 Å². The minimum absolute atomic E-state index is 0.0196. The minimum atomic E-state index is -0.941. The average molecular weight is 825 g/mol. The lowest BCUT2D eigenvalue weighted by Gasteiger charge is -2.24. The molecule has 4 aliphatic carbocycles. The number of esters is 4. The van der Waals surface area contributed by atoms with Crippen molar-refractivity contribution in [3.63, 3.8) is 0 Å². The van der Waals surface area contributed by atoms with E-state index in [-0.39, 0.29) is 87.8 Å². The van der Waals surface area contributed by atoms with Crippen molar-refractivity contribution >= 4 is 47.4 Å². The van der Waals surface area contributed by atoms with Crippen molar-refractivity contribution in [3.8, 4) is 0 Å². The zero-order valence-electron chi connectivity index (χ0n) is 34.6. The summed E-state index contributed by atoms with van der Waals surface area (Å²) >= 11 is 1.20. The standard InChI is InChI=1S/C42H68N2O12S/c1-43(2)17-10-20-57-42(50)44(18-8-15-38(46)55-36(25-51-3)27-53-40(48)34-21-30-11-4-5-12-31(30)22-34)19-9-16-39(47)56-37(26-52-29-45)28-54-41(49)35-23-32-13-6-7-14-33(32)24-35/h29-37H,4-28H2,1-3H3. The molecular formula is C42H68N2O12S. The topological polar surface area (TPSA) is 164 Å². The summed E-state index contributed by atoms with van der Waals surface area (Å²) in [5, 5.41) is -0.151. The van der Waals surface area contributed by atoms with Crippen molar-refractivity contribution in [1.82, 2.24) is 9.80 Å². The van der Waals surface area contributed by atoms with Gasteiger partial charge in [-0.2, -0.15) is 0 Å². The van der Waals surface area contributed by atoms with E-state index >= 15 is 0 Å². The van der Waals surface area contributed by atoms with E-state index in [2.05, 4.69) is 0 Å². The Morgan fingerprint density at radius 2 is 1.11 bits per heavy atom. The maximum absolute atomic E-state index is 13.3. The van der Waals surface area contributed by atoms with Gasteiger partial charge in [-0.25, -0.2) is 0 Å². The molecule has 0 aliphatic heterocycles. The number of methoxy groups -OCH3 is 1. The molecule has 0 bridgehead atoms. The Morgan fingerprint density at radius 3 is 1.53 bits per heavy atom. The van der Waals surface area contributed by atoms with Crippen LogP contribution in [0.5, 0.6) is 0 Å². The first-order chi connectivity index (χ1) is 27.6. The molecule has 0 N–H and O–H groups in total. The summed E-state index contributed by atoms with van der Waals surface area (Å²) in [6.45, 7) is 1.19. The molecule has 324 valence electrons. The quantitative estimate of drug-likeness (QED) is 0.0469. The maximum atomic E-state index is 13.3. The molecule has 4 aliphatic rings. The second-order valence-corrected chi connectivity index (χ2v) is 17.8. The second-order valence-electron chi connectivity index (χ2n) is 16.8. The monoisotopic (exact) mass is 824 g/mol. The van der Waals surface area contributed by atoms with E-state index in [1.165, 1.54) is 57.4 Å². The third kappa shape index (κ3) is 16.7. The van der Waals surface area contributed by atoms with Gasteiger partial charge in [0.2, 0.25) is 0 Å². The Morgan fingerprint density at radius 1 is 0.649 bits per heavy atom. The van der Waals surface area contributed by atoms with Crippen LogP contribution in [0.3, 0.4) is 0 Å². The van der Waals surface area contributed by atoms with Crippen LogP contribution < -0.4 is 0 Å². The lowest BCUT2D eigenvalue weighted by Crippen LogP contribution is -2.33. The van der Waals surface area contributed by atoms with Gasteiger partial charge in [0.25, 0.3) is 11.7 Å². The summed E-state index contributed by atoms with van der Waals surface area (Å²) in [7, 11) is 5.44. The summed E-state index contributed by atoms with van der Waals surface area (Å²) in [5.74, 6) is 1.14. The molecule has 0 heterocycles. The molecule has 0 saturated heterocycles. The third-order valence-electron chi connectivity index (χ3n) is 12.1. The van der Waals surface area contributed by atoms with E-state index in [9.17, 15) is 28.8 Å². The zero-order valence-corrected chi connectivity index (χ0v) is 35.4. The van der Waals surface area contributed by atoms with Gasteiger partial charge in [0.05, 0.1) is 18.4 Å². The number of carbonyl (C=O) groups excluding carboxylic acids is 6. The van der Waals surface area contributed by atoms with Gasteiger partial charge in [-0.05, 0) is 89.3 Å². The Hall–Kier alpha value is -2.91. The summed E-state index contributed by atoms with van der Waals surface area (Å²) in [6.07, 6.45) is 12.7. The number of hydrogen-bond donors (Lipinski definition) is 0. The molecule has 6 atom stereocenters. The van der Waals surface area contributed by atoms with E-state index in [0.717, 1.165) is 51.5 Å². The van der Waals surface area contributed by atoms with Gasteiger partial charge in [0.1, 0.15) is 19.8 Å².